The van der Waals surface area contributed by atoms with Crippen molar-refractivity contribution in [2.24, 2.45) is 0 Å². The minimum absolute atomic E-state index is 0.413. The molecule has 2 aromatic rings. The molecule has 0 aliphatic carbocycles. The average Bonchev–Trinajstić information content (AvgIpc) is 2.16. The molecule has 0 atom stereocenters. The Balaban J connectivity index is 2.45. The predicted molar refractivity (Wildman–Crippen MR) is 54.3 cm³/mol. The number of fused-ring (bicyclic) bond motifs is 1. The summed E-state index contributed by atoms with van der Waals surface area (Å²) in [5, 5.41) is 0.717. The Morgan fingerprint density at radius 1 is 1.38 bits per heavy atom. The van der Waals surface area contributed by atoms with Crippen LogP contribution in [0.3, 0.4) is 0 Å². The van der Waals surface area contributed by atoms with Gasteiger partial charge in [0.25, 0.3) is 0 Å². The molecule has 66 valence electrons. The van der Waals surface area contributed by atoms with Gasteiger partial charge in [-0.15, -0.1) is 11.8 Å². The van der Waals surface area contributed by atoms with Crippen LogP contribution in [0.2, 0.25) is 0 Å². The smallest absolute Gasteiger partial charge is 0.336 e. The maximum atomic E-state index is 10.9. The number of rotatable bonds is 1. The van der Waals surface area contributed by atoms with E-state index in [-0.39, 0.29) is 0 Å². The highest BCUT2D eigenvalue weighted by atomic mass is 32.2. The molecule has 0 N–H and O–H groups in total. The Bertz CT molecular complexity index is 574. The van der Waals surface area contributed by atoms with Crippen molar-refractivity contribution >= 4 is 22.7 Å². The predicted octanol–water partition coefficient (Wildman–Crippen LogP) is 2.51. The van der Waals surface area contributed by atoms with E-state index in [9.17, 15) is 4.79 Å². The summed E-state index contributed by atoms with van der Waals surface area (Å²) in [5.41, 5.74) is 0.0473. The van der Waals surface area contributed by atoms with Crippen LogP contribution in [-0.2, 0) is 0 Å². The summed E-state index contributed by atoms with van der Waals surface area (Å²) in [6.07, 6.45) is -2.07. The van der Waals surface area contributed by atoms with Gasteiger partial charge in [-0.1, -0.05) is 0 Å². The van der Waals surface area contributed by atoms with Crippen LogP contribution >= 0.6 is 11.8 Å². The molecule has 2 rings (SSSR count). The average molecular weight is 195 g/mol. The monoisotopic (exact) mass is 195 g/mol. The van der Waals surface area contributed by atoms with Gasteiger partial charge in [0, 0.05) is 20.5 Å². The minimum Gasteiger partial charge on any atom is -0.423 e. The maximum Gasteiger partial charge on any atom is 0.336 e. The van der Waals surface area contributed by atoms with Crippen molar-refractivity contribution in [2.45, 2.75) is 4.90 Å². The van der Waals surface area contributed by atoms with Crippen LogP contribution in [-0.4, -0.2) is 6.18 Å². The molecule has 0 saturated carbocycles. The number of hydrogen-bond acceptors (Lipinski definition) is 3. The van der Waals surface area contributed by atoms with E-state index in [4.69, 9.17) is 8.53 Å². The van der Waals surface area contributed by atoms with E-state index in [1.165, 1.54) is 6.07 Å². The van der Waals surface area contributed by atoms with Crippen molar-refractivity contribution in [3.63, 3.8) is 0 Å². The van der Waals surface area contributed by atoms with Gasteiger partial charge in [0.15, 0.2) is 0 Å². The Hall–Kier alpha value is -1.22. The van der Waals surface area contributed by atoms with Crippen LogP contribution in [0.5, 0.6) is 0 Å². The van der Waals surface area contributed by atoms with Crippen molar-refractivity contribution < 1.29 is 8.53 Å². The largest absolute Gasteiger partial charge is 0.423 e. The number of hydrogen-bond donors (Lipinski definition) is 0. The van der Waals surface area contributed by atoms with Gasteiger partial charge in [-0.05, 0) is 30.4 Å². The molecule has 1 aromatic heterocycles. The van der Waals surface area contributed by atoms with Crippen molar-refractivity contribution in [3.8, 4) is 0 Å². The van der Waals surface area contributed by atoms with E-state index in [2.05, 4.69) is 0 Å². The zero-order valence-corrected chi connectivity index (χ0v) is 7.43. The highest BCUT2D eigenvalue weighted by Gasteiger charge is 1.97. The van der Waals surface area contributed by atoms with Gasteiger partial charge in [-0.2, -0.15) is 0 Å². The highest BCUT2D eigenvalue weighted by Crippen LogP contribution is 2.20. The quantitative estimate of drug-likeness (QED) is 0.517. The van der Waals surface area contributed by atoms with Crippen LogP contribution in [0.4, 0.5) is 0 Å². The summed E-state index contributed by atoms with van der Waals surface area (Å²) < 4.78 is 26.3. The molecular weight excluding hydrogens is 184 g/mol. The van der Waals surface area contributed by atoms with Crippen molar-refractivity contribution in [3.05, 3.63) is 40.8 Å². The SMILES string of the molecule is [2H]C([2H])([2H])Sc1ccc2oc(=O)ccc2c1. The molecule has 2 nitrogen and oxygen atoms in total. The molecular formula is C10H8O2S. The lowest BCUT2D eigenvalue weighted by molar-refractivity contribution is 0.561. The normalized spacial score (nSPS) is 14.9. The molecule has 13 heavy (non-hydrogen) atoms. The second-order valence-corrected chi connectivity index (χ2v) is 3.23. The number of thioether (sulfide) groups is 1. The summed E-state index contributed by atoms with van der Waals surface area (Å²) in [6.45, 7) is 0. The molecule has 3 heteroatoms. The first-order valence-electron chi connectivity index (χ1n) is 5.17. The molecule has 0 bridgehead atoms. The van der Waals surface area contributed by atoms with Gasteiger partial charge in [0.2, 0.25) is 0 Å². The third-order valence-electron chi connectivity index (χ3n) is 1.71. The van der Waals surface area contributed by atoms with Crippen molar-refractivity contribution in [2.75, 3.05) is 6.18 Å². The van der Waals surface area contributed by atoms with Gasteiger partial charge in [-0.25, -0.2) is 4.79 Å². The summed E-state index contributed by atoms with van der Waals surface area (Å²) in [4.78, 5) is 11.6. The van der Waals surface area contributed by atoms with Gasteiger partial charge in [-0.3, -0.25) is 0 Å². The van der Waals surface area contributed by atoms with Gasteiger partial charge >= 0.3 is 5.63 Å². The standard InChI is InChI=1S/C10H8O2S/c1-13-8-3-4-9-7(6-8)2-5-10(11)12-9/h2-6H,1H3/i1D3. The topological polar surface area (TPSA) is 30.2 Å². The maximum absolute atomic E-state index is 10.9. The lowest BCUT2D eigenvalue weighted by Crippen LogP contribution is -1.93. The first-order chi connectivity index (χ1) is 7.44. The molecule has 0 saturated heterocycles. The molecule has 0 aliphatic rings. The molecule has 1 heterocycles. The van der Waals surface area contributed by atoms with Gasteiger partial charge < -0.3 is 4.42 Å². The third-order valence-corrected chi connectivity index (χ3v) is 2.20. The second kappa shape index (κ2) is 3.26. The van der Waals surface area contributed by atoms with Crippen LogP contribution in [0.25, 0.3) is 11.0 Å². The van der Waals surface area contributed by atoms with E-state index < -0.39 is 11.8 Å². The Labute approximate surface area is 83.8 Å². The lowest BCUT2D eigenvalue weighted by atomic mass is 10.2. The Kier molecular flexibility index (Phi) is 1.38. The van der Waals surface area contributed by atoms with E-state index >= 15 is 0 Å². The lowest BCUT2D eigenvalue weighted by Gasteiger charge is -1.97. The van der Waals surface area contributed by atoms with Crippen LogP contribution in [0.1, 0.15) is 4.11 Å². The Morgan fingerprint density at radius 2 is 2.31 bits per heavy atom. The second-order valence-electron chi connectivity index (χ2n) is 2.56. The third kappa shape index (κ3) is 1.60. The summed E-state index contributed by atoms with van der Waals surface area (Å²) in [6, 6.07) is 7.85. The van der Waals surface area contributed by atoms with Crippen molar-refractivity contribution in [1.82, 2.24) is 0 Å². The zero-order chi connectivity index (χ0) is 11.8. The van der Waals surface area contributed by atoms with Crippen LogP contribution in [0, 0.1) is 0 Å². The molecule has 0 aliphatic heterocycles. The van der Waals surface area contributed by atoms with Crippen molar-refractivity contribution in [1.29, 1.82) is 0 Å². The van der Waals surface area contributed by atoms with E-state index in [1.54, 1.807) is 24.3 Å². The minimum atomic E-state index is -2.07. The van der Waals surface area contributed by atoms with E-state index in [0.717, 1.165) is 11.8 Å². The van der Waals surface area contributed by atoms with E-state index in [0.29, 0.717) is 15.9 Å². The molecule has 0 unspecified atom stereocenters. The molecule has 0 radical (unpaired) electrons. The molecule has 0 spiro atoms. The molecule has 1 aromatic carbocycles. The van der Waals surface area contributed by atoms with Crippen LogP contribution in [0.15, 0.2) is 44.4 Å². The fraction of sp³-hybridized carbons (Fsp3) is 0.100. The summed E-state index contributed by atoms with van der Waals surface area (Å²) in [7, 11) is 0. The van der Waals surface area contributed by atoms with Crippen LogP contribution < -0.4 is 5.63 Å². The summed E-state index contributed by atoms with van der Waals surface area (Å²) in [5.74, 6) is 0. The number of benzene rings is 1. The Morgan fingerprint density at radius 3 is 3.15 bits per heavy atom. The molecule has 0 amide bonds. The highest BCUT2D eigenvalue weighted by molar-refractivity contribution is 7.98. The van der Waals surface area contributed by atoms with Gasteiger partial charge in [0.05, 0.1) is 0 Å². The van der Waals surface area contributed by atoms with E-state index in [1.807, 2.05) is 0 Å². The molecule has 0 fully saturated rings. The zero-order valence-electron chi connectivity index (χ0n) is 9.61. The summed E-state index contributed by atoms with van der Waals surface area (Å²) >= 11 is 0.800. The first-order valence-corrected chi connectivity index (χ1v) is 4.49. The fourth-order valence-corrected chi connectivity index (χ4v) is 1.44. The van der Waals surface area contributed by atoms with Gasteiger partial charge in [0.1, 0.15) is 5.58 Å². The first kappa shape index (κ1) is 5.50. The fourth-order valence-electron chi connectivity index (χ4n) is 1.11.